The largest absolute Gasteiger partial charge is 0.478 e. The van der Waals surface area contributed by atoms with E-state index in [0.29, 0.717) is 18.4 Å². The second kappa shape index (κ2) is 10.3. The van der Waals surface area contributed by atoms with Gasteiger partial charge in [0.25, 0.3) is 0 Å². The van der Waals surface area contributed by atoms with Gasteiger partial charge in [0.15, 0.2) is 5.78 Å². The van der Waals surface area contributed by atoms with Gasteiger partial charge >= 0.3 is 5.97 Å². The number of nitrogens with one attached hydrogen (secondary N) is 1. The van der Waals surface area contributed by atoms with Gasteiger partial charge in [-0.25, -0.2) is 9.18 Å². The lowest BCUT2D eigenvalue weighted by Gasteiger charge is -2.62. The zero-order valence-corrected chi connectivity index (χ0v) is 21.0. The van der Waals surface area contributed by atoms with Crippen LogP contribution in [0.5, 0.6) is 0 Å². The van der Waals surface area contributed by atoms with Gasteiger partial charge in [-0.15, -0.1) is 0 Å². The second-order valence-corrected chi connectivity index (χ2v) is 11.7. The van der Waals surface area contributed by atoms with Crippen molar-refractivity contribution < 1.29 is 28.6 Å². The fourth-order valence-corrected chi connectivity index (χ4v) is 8.20. The highest BCUT2D eigenvalue weighted by Crippen LogP contribution is 2.51. The number of carbonyl (C=O) groups excluding carboxylic acids is 1. The van der Waals surface area contributed by atoms with Crippen LogP contribution in [-0.4, -0.2) is 103 Å². The molecule has 3 aliphatic heterocycles. The van der Waals surface area contributed by atoms with Crippen LogP contribution in [0.2, 0.25) is 0 Å². The molecular formula is C27H40FN3O5. The molecule has 5 fully saturated rings. The van der Waals surface area contributed by atoms with E-state index in [1.807, 2.05) is 0 Å². The molecule has 9 heteroatoms. The lowest BCUT2D eigenvalue weighted by molar-refractivity contribution is -0.215. The predicted octanol–water partition coefficient (Wildman–Crippen LogP) is 1.98. The minimum atomic E-state index is -1.25. The van der Waals surface area contributed by atoms with Gasteiger partial charge in [-0.1, -0.05) is 19.3 Å². The molecule has 0 aromatic rings. The van der Waals surface area contributed by atoms with Crippen LogP contribution in [-0.2, 0) is 19.1 Å². The minimum absolute atomic E-state index is 0.0475. The first kappa shape index (κ1) is 24.8. The normalized spacial score (nSPS) is 42.7. The number of Topliss-reactive ketones (excluding diaryl/α,β-unsaturated/α-hetero) is 1. The van der Waals surface area contributed by atoms with E-state index in [0.717, 1.165) is 58.5 Å². The van der Waals surface area contributed by atoms with Crippen LogP contribution in [0.15, 0.2) is 11.8 Å². The summed E-state index contributed by atoms with van der Waals surface area (Å²) in [4.78, 5) is 29.8. The summed E-state index contributed by atoms with van der Waals surface area (Å²) in [6.45, 7) is 5.03. The van der Waals surface area contributed by atoms with Crippen molar-refractivity contribution in [1.82, 2.24) is 15.1 Å². The van der Waals surface area contributed by atoms with Crippen molar-refractivity contribution in [1.29, 1.82) is 0 Å². The van der Waals surface area contributed by atoms with Crippen LogP contribution in [0.1, 0.15) is 51.4 Å². The molecule has 3 saturated carbocycles. The number of fused-ring (bicyclic) bond motifs is 4. The molecule has 3 heterocycles. The summed E-state index contributed by atoms with van der Waals surface area (Å²) in [7, 11) is 0. The number of rotatable bonds is 6. The summed E-state index contributed by atoms with van der Waals surface area (Å²) >= 11 is 0. The van der Waals surface area contributed by atoms with Gasteiger partial charge in [0.2, 0.25) is 0 Å². The molecular weight excluding hydrogens is 465 g/mol. The number of alkyl halides is 1. The van der Waals surface area contributed by atoms with Crippen molar-refractivity contribution in [2.75, 3.05) is 39.4 Å². The standard InChI is InChI=1S/C27H40FN3O5/c28-20-14-18-24-26(22(20)29-8-3-9-30-10-12-35-13-11-30)36-21-7-6-16-4-1-2-5-17(16)23(21)31(24)15-19(25(18)32)27(33)34/h15-18,20-24,26,29H,1-14H2,(H,33,34). The van der Waals surface area contributed by atoms with E-state index in [1.54, 1.807) is 6.20 Å². The highest BCUT2D eigenvalue weighted by Gasteiger charge is 2.60. The fourth-order valence-electron chi connectivity index (χ4n) is 8.20. The molecule has 0 radical (unpaired) electrons. The number of halogens is 1. The Kier molecular flexibility index (Phi) is 7.09. The summed E-state index contributed by atoms with van der Waals surface area (Å²) in [5, 5.41) is 13.3. The average molecular weight is 506 g/mol. The summed E-state index contributed by atoms with van der Waals surface area (Å²) < 4.78 is 27.9. The SMILES string of the molecule is O=C(O)C1=CN2C3C(CCC4CCCCC43)OC3C(NCCCN4CCOCC4)C(F)CC(C1=O)C32. The van der Waals surface area contributed by atoms with E-state index in [1.165, 1.54) is 19.3 Å². The van der Waals surface area contributed by atoms with Crippen LogP contribution in [0.25, 0.3) is 0 Å². The Morgan fingerprint density at radius 3 is 2.75 bits per heavy atom. The third-order valence-corrected chi connectivity index (χ3v) is 9.85. The maximum absolute atomic E-state index is 15.7. The van der Waals surface area contributed by atoms with E-state index in [9.17, 15) is 14.7 Å². The molecule has 6 rings (SSSR count). The Bertz CT molecular complexity index is 879. The summed E-state index contributed by atoms with van der Waals surface area (Å²) in [5.74, 6) is -1.23. The zero-order valence-electron chi connectivity index (χ0n) is 21.0. The number of carbonyl (C=O) groups is 2. The molecule has 0 aromatic carbocycles. The lowest BCUT2D eigenvalue weighted by atomic mass is 9.63. The van der Waals surface area contributed by atoms with E-state index in [2.05, 4.69) is 15.1 Å². The summed E-state index contributed by atoms with van der Waals surface area (Å²) in [6, 6.07) is -0.712. The van der Waals surface area contributed by atoms with E-state index < -0.39 is 36.0 Å². The number of carboxylic acid groups (broad SMARTS) is 1. The van der Waals surface area contributed by atoms with Crippen LogP contribution >= 0.6 is 0 Å². The number of hydrogen-bond donors (Lipinski definition) is 2. The van der Waals surface area contributed by atoms with E-state index in [4.69, 9.17) is 9.47 Å². The monoisotopic (exact) mass is 505 g/mol. The van der Waals surface area contributed by atoms with Crippen molar-refractivity contribution in [2.45, 2.75) is 87.9 Å². The quantitative estimate of drug-likeness (QED) is 0.418. The molecule has 8 nitrogen and oxygen atoms in total. The molecule has 2 N–H and O–H groups in total. The molecule has 9 unspecified atom stereocenters. The third-order valence-electron chi connectivity index (χ3n) is 9.85. The van der Waals surface area contributed by atoms with Crippen LogP contribution in [0, 0.1) is 17.8 Å². The summed E-state index contributed by atoms with van der Waals surface area (Å²) in [6.07, 6.45) is 7.63. The lowest BCUT2D eigenvalue weighted by Crippen LogP contribution is -2.74. The zero-order chi connectivity index (χ0) is 24.8. The molecule has 0 amide bonds. The van der Waals surface area contributed by atoms with E-state index in [-0.39, 0.29) is 30.2 Å². The van der Waals surface area contributed by atoms with Gasteiger partial charge in [0.1, 0.15) is 11.7 Å². The van der Waals surface area contributed by atoms with Crippen molar-refractivity contribution >= 4 is 11.8 Å². The molecule has 0 spiro atoms. The number of nitrogens with zero attached hydrogens (tertiary/aromatic N) is 2. The highest BCUT2D eigenvalue weighted by atomic mass is 19.1. The number of carboxylic acids is 1. The fraction of sp³-hybridized carbons (Fsp3) is 0.852. The Hall–Kier alpha value is -1.55. The van der Waals surface area contributed by atoms with Gasteiger partial charge in [0.05, 0.1) is 43.5 Å². The maximum atomic E-state index is 15.7. The maximum Gasteiger partial charge on any atom is 0.340 e. The van der Waals surface area contributed by atoms with Crippen molar-refractivity contribution in [3.8, 4) is 0 Å². The first-order valence-electron chi connectivity index (χ1n) is 14.1. The van der Waals surface area contributed by atoms with Gasteiger partial charge in [0, 0.05) is 25.2 Å². The molecule has 3 aliphatic carbocycles. The second-order valence-electron chi connectivity index (χ2n) is 11.7. The molecule has 2 saturated heterocycles. The first-order valence-corrected chi connectivity index (χ1v) is 14.1. The first-order chi connectivity index (χ1) is 17.5. The van der Waals surface area contributed by atoms with Crippen LogP contribution in [0.4, 0.5) is 4.39 Å². The Balaban J connectivity index is 1.24. The van der Waals surface area contributed by atoms with Crippen LogP contribution in [0.3, 0.4) is 0 Å². The van der Waals surface area contributed by atoms with Crippen molar-refractivity contribution in [3.63, 3.8) is 0 Å². The Labute approximate surface area is 212 Å². The third kappa shape index (κ3) is 4.40. The van der Waals surface area contributed by atoms with Crippen LogP contribution < -0.4 is 5.32 Å². The smallest absolute Gasteiger partial charge is 0.340 e. The predicted molar refractivity (Wildman–Crippen MR) is 130 cm³/mol. The minimum Gasteiger partial charge on any atom is -0.478 e. The molecule has 36 heavy (non-hydrogen) atoms. The molecule has 6 aliphatic rings. The highest BCUT2D eigenvalue weighted by molar-refractivity contribution is 6.18. The number of ether oxygens (including phenoxy) is 2. The van der Waals surface area contributed by atoms with Gasteiger partial charge < -0.3 is 24.8 Å². The Morgan fingerprint density at radius 1 is 1.14 bits per heavy atom. The molecule has 200 valence electrons. The Morgan fingerprint density at radius 2 is 1.94 bits per heavy atom. The van der Waals surface area contributed by atoms with E-state index >= 15 is 4.39 Å². The molecule has 9 atom stereocenters. The van der Waals surface area contributed by atoms with Crippen molar-refractivity contribution in [2.24, 2.45) is 17.8 Å². The van der Waals surface area contributed by atoms with Gasteiger partial charge in [-0.05, 0) is 57.0 Å². The van der Waals surface area contributed by atoms with Crippen molar-refractivity contribution in [3.05, 3.63) is 11.8 Å². The number of hydrogen-bond acceptors (Lipinski definition) is 7. The number of morpholine rings is 2. The number of aliphatic carboxylic acids is 1. The van der Waals surface area contributed by atoms with Gasteiger partial charge in [-0.3, -0.25) is 9.69 Å². The van der Waals surface area contributed by atoms with Gasteiger partial charge in [-0.2, -0.15) is 0 Å². The summed E-state index contributed by atoms with van der Waals surface area (Å²) in [5.41, 5.74) is -0.183. The molecule has 0 aromatic heterocycles. The number of ketones is 1. The average Bonchev–Trinajstić information content (AvgIpc) is 2.89. The molecule has 0 bridgehead atoms. The topological polar surface area (TPSA) is 91.3 Å².